The average Bonchev–Trinajstić information content (AvgIpc) is 1.82. The predicted molar refractivity (Wildman–Crippen MR) is 70.1 cm³/mol. The summed E-state index contributed by atoms with van der Waals surface area (Å²) in [5.74, 6) is 0. The Labute approximate surface area is 168 Å². The fourth-order valence-electron chi connectivity index (χ4n) is 0.728. The van der Waals surface area contributed by atoms with Crippen molar-refractivity contribution in [2.75, 3.05) is 0 Å². The smallest absolute Gasteiger partial charge is 1.00 e. The first-order valence-corrected chi connectivity index (χ1v) is 2.87. The van der Waals surface area contributed by atoms with Gasteiger partial charge < -0.3 is 89.1 Å². The van der Waals surface area contributed by atoms with Gasteiger partial charge in [0.05, 0.1) is 0 Å². The van der Waals surface area contributed by atoms with Gasteiger partial charge in [0.15, 0.2) is 0 Å². The van der Waals surface area contributed by atoms with Crippen LogP contribution in [0, 0.1) is 0 Å². The van der Waals surface area contributed by atoms with Crippen molar-refractivity contribution in [1.29, 1.82) is 0 Å². The zero-order chi connectivity index (χ0) is 7.84. The molecule has 2 saturated heterocycles. The number of fused-ring (bicyclic) bond motifs is 2. The van der Waals surface area contributed by atoms with Gasteiger partial charge in [0, 0.05) is 0 Å². The summed E-state index contributed by atoms with van der Waals surface area (Å²) in [6, 6.07) is 0. The zero-order valence-electron chi connectivity index (χ0n) is 12.2. The SMILES string of the molecule is O.O.O.O.O.O.O.O.O.O.OB1OB2OB(O)OB(O1)O2.[H-].[K+]. The van der Waals surface area contributed by atoms with Crippen LogP contribution in [0.3, 0.4) is 0 Å². The third kappa shape index (κ3) is 19.3. The van der Waals surface area contributed by atoms with Gasteiger partial charge in [-0.3, -0.25) is 0 Å². The summed E-state index contributed by atoms with van der Waals surface area (Å²) in [4.78, 5) is 0. The maximum atomic E-state index is 8.74. The number of hydrogen-bond acceptors (Lipinski definition) is 7. The fraction of sp³-hybridized carbons (Fsp3) is 0. The Kier molecular flexibility index (Phi) is 89.9. The van der Waals surface area contributed by atoms with Crippen LogP contribution >= 0.6 is 0 Å². The van der Waals surface area contributed by atoms with Gasteiger partial charge in [-0.15, -0.1) is 0 Å². The molecule has 0 aromatic rings. The van der Waals surface area contributed by atoms with Crippen molar-refractivity contribution < 1.29 is 140 Å². The Morgan fingerprint density at radius 2 is 0.636 bits per heavy atom. The van der Waals surface area contributed by atoms with Crippen molar-refractivity contribution in [2.24, 2.45) is 0 Å². The van der Waals surface area contributed by atoms with E-state index in [1.54, 1.807) is 0 Å². The normalized spacial score (nSPS) is 12.3. The van der Waals surface area contributed by atoms with E-state index in [1.807, 2.05) is 0 Å². The maximum absolute atomic E-state index is 8.74. The molecular weight excluding hydrogens is 354 g/mol. The molecule has 0 aromatic heterocycles. The first-order valence-electron chi connectivity index (χ1n) is 2.87. The molecule has 22 heteroatoms. The second kappa shape index (κ2) is 30.1. The van der Waals surface area contributed by atoms with E-state index in [0.29, 0.717) is 0 Å². The third-order valence-corrected chi connectivity index (χ3v) is 1.13. The van der Waals surface area contributed by atoms with Crippen LogP contribution in [0.15, 0.2) is 0 Å². The van der Waals surface area contributed by atoms with Gasteiger partial charge in [-0.1, -0.05) is 0 Å². The molecule has 22 heavy (non-hydrogen) atoms. The van der Waals surface area contributed by atoms with Crippen molar-refractivity contribution in [2.45, 2.75) is 0 Å². The van der Waals surface area contributed by atoms with Crippen LogP contribution in [-0.2, 0) is 22.9 Å². The molecule has 2 fully saturated rings. The van der Waals surface area contributed by atoms with Crippen LogP contribution in [0.5, 0.6) is 0 Å². The second-order valence-corrected chi connectivity index (χ2v) is 1.87. The van der Waals surface area contributed by atoms with E-state index in [1.165, 1.54) is 0 Å². The number of rotatable bonds is 0. The largest absolute Gasteiger partial charge is 1.00 e. The predicted octanol–water partition coefficient (Wildman–Crippen LogP) is -14.1. The second-order valence-electron chi connectivity index (χ2n) is 1.87. The van der Waals surface area contributed by atoms with Crippen molar-refractivity contribution in [3.8, 4) is 0 Å². The van der Waals surface area contributed by atoms with E-state index in [4.69, 9.17) is 10.0 Å². The van der Waals surface area contributed by atoms with E-state index in [-0.39, 0.29) is 108 Å². The molecule has 0 aromatic carbocycles. The van der Waals surface area contributed by atoms with Crippen LogP contribution < -0.4 is 51.4 Å². The molecule has 0 radical (unpaired) electrons. The molecule has 2 aliphatic heterocycles. The summed E-state index contributed by atoms with van der Waals surface area (Å²) in [5.41, 5.74) is 0. The Morgan fingerprint density at radius 3 is 0.818 bits per heavy atom. The van der Waals surface area contributed by atoms with Gasteiger partial charge in [0.2, 0.25) is 0 Å². The molecule has 0 unspecified atom stereocenters. The monoisotopic (exact) mass is 378 g/mol. The molecule has 0 spiro atoms. The summed E-state index contributed by atoms with van der Waals surface area (Å²) < 4.78 is 22.6. The molecule has 0 atom stereocenters. The summed E-state index contributed by atoms with van der Waals surface area (Å²) in [5, 5.41) is 17.5. The minimum absolute atomic E-state index is 0. The van der Waals surface area contributed by atoms with Crippen LogP contribution in [0.4, 0.5) is 0 Å². The van der Waals surface area contributed by atoms with Crippen LogP contribution in [0.25, 0.3) is 0 Å². The maximum Gasteiger partial charge on any atom is 1.00 e. The van der Waals surface area contributed by atoms with Crippen molar-refractivity contribution in [1.82, 2.24) is 0 Å². The Morgan fingerprint density at radius 1 is 0.455 bits per heavy atom. The van der Waals surface area contributed by atoms with E-state index < -0.39 is 29.3 Å². The molecule has 22 N–H and O–H groups in total. The molecule has 2 bridgehead atoms. The first-order chi connectivity index (χ1) is 5.24. The van der Waals surface area contributed by atoms with Crippen molar-refractivity contribution in [3.05, 3.63) is 0 Å². The number of hydrogen-bond donors (Lipinski definition) is 2. The first kappa shape index (κ1) is 65.6. The molecule has 0 saturated carbocycles. The summed E-state index contributed by atoms with van der Waals surface area (Å²) in [6.07, 6.45) is 0. The molecule has 17 nitrogen and oxygen atoms in total. The van der Waals surface area contributed by atoms with Gasteiger partial charge in [0.25, 0.3) is 0 Å². The molecule has 2 rings (SSSR count). The molecule has 0 aliphatic carbocycles. The molecule has 0 amide bonds. The average molecular weight is 378 g/mol. The molecule has 138 valence electrons. The standard InChI is InChI=1S/B4H2O7.K.10H2O.H/c5-1-7-3-9-2(6)10-4(8-1)11-3;;;;;;;;;;;;/h5-6H;;10*1H2;/q;+1;;;;;;;;;;;-1. The van der Waals surface area contributed by atoms with E-state index in [2.05, 4.69) is 22.9 Å². The van der Waals surface area contributed by atoms with Gasteiger partial charge in [-0.2, -0.15) is 0 Å². The Hall–Kier alpha value is 1.22. The minimum Gasteiger partial charge on any atom is -1.00 e. The van der Waals surface area contributed by atoms with Crippen molar-refractivity contribution in [3.63, 3.8) is 0 Å². The van der Waals surface area contributed by atoms with E-state index in [0.717, 1.165) is 0 Å². The van der Waals surface area contributed by atoms with Gasteiger partial charge in [-0.25, -0.2) is 0 Å². The van der Waals surface area contributed by atoms with Gasteiger partial charge in [0.1, 0.15) is 0 Å². The molecular formula is H23B4KO17. The third-order valence-electron chi connectivity index (χ3n) is 1.13. The quantitative estimate of drug-likeness (QED) is 0.383. The topological polar surface area (TPSA) is 402 Å². The fourth-order valence-corrected chi connectivity index (χ4v) is 0.728. The van der Waals surface area contributed by atoms with E-state index >= 15 is 0 Å². The van der Waals surface area contributed by atoms with Crippen molar-refractivity contribution >= 4 is 29.3 Å². The Balaban J connectivity index is -0.0000000133. The van der Waals surface area contributed by atoms with Crippen LogP contribution in [0.1, 0.15) is 1.43 Å². The Bertz CT molecular complexity index is 132. The van der Waals surface area contributed by atoms with Crippen LogP contribution in [-0.4, -0.2) is 94.1 Å². The minimum atomic E-state index is -1.45. The molecule has 2 aliphatic rings. The summed E-state index contributed by atoms with van der Waals surface area (Å²) in [7, 11) is -5.20. The summed E-state index contributed by atoms with van der Waals surface area (Å²) >= 11 is 0. The van der Waals surface area contributed by atoms with E-state index in [9.17, 15) is 0 Å². The van der Waals surface area contributed by atoms with Gasteiger partial charge >= 0.3 is 80.7 Å². The van der Waals surface area contributed by atoms with Gasteiger partial charge in [-0.05, 0) is 0 Å². The zero-order valence-corrected chi connectivity index (χ0v) is 14.4. The molecule has 2 heterocycles. The summed E-state index contributed by atoms with van der Waals surface area (Å²) in [6.45, 7) is 0. The van der Waals surface area contributed by atoms with Crippen LogP contribution in [0.2, 0.25) is 0 Å².